The van der Waals surface area contributed by atoms with Gasteiger partial charge in [0.15, 0.2) is 0 Å². The van der Waals surface area contributed by atoms with E-state index in [1.165, 1.54) is 48.6 Å². The molecule has 5 rings (SSSR count). The van der Waals surface area contributed by atoms with E-state index in [1.54, 1.807) is 6.20 Å². The maximum atomic E-state index is 5.77. The molecule has 206 valence electrons. The second-order valence-corrected chi connectivity index (χ2v) is 9.12. The molecule has 0 bridgehead atoms. The van der Waals surface area contributed by atoms with Crippen LogP contribution in [0.25, 0.3) is 11.1 Å². The van der Waals surface area contributed by atoms with E-state index >= 15 is 0 Å². The number of nitrogens with zero attached hydrogens (tertiary/aromatic N) is 3. The van der Waals surface area contributed by atoms with Crippen molar-refractivity contribution < 1.29 is 0 Å². The number of nitrogens with one attached hydrogen (secondary N) is 1. The van der Waals surface area contributed by atoms with Gasteiger partial charge in [0.05, 0.1) is 5.69 Å². The SMILES string of the molecule is C1=CCCC=C1.C=CN.C=CNC.Cc1nc(Cc2ccc(-c3ccc(N)cc3)cc2)cc(N2CCCC2)n1. The summed E-state index contributed by atoms with van der Waals surface area (Å²) >= 11 is 0. The van der Waals surface area contributed by atoms with Crippen LogP contribution in [0.5, 0.6) is 0 Å². The molecule has 0 amide bonds. The van der Waals surface area contributed by atoms with Gasteiger partial charge >= 0.3 is 0 Å². The van der Waals surface area contributed by atoms with Crippen molar-refractivity contribution in [1.29, 1.82) is 0 Å². The predicted molar refractivity (Wildman–Crippen MR) is 168 cm³/mol. The average molecular weight is 525 g/mol. The summed E-state index contributed by atoms with van der Waals surface area (Å²) in [6, 6.07) is 18.8. The van der Waals surface area contributed by atoms with Crippen molar-refractivity contribution in [2.45, 2.75) is 39.0 Å². The van der Waals surface area contributed by atoms with Crippen LogP contribution in [0.2, 0.25) is 0 Å². The molecule has 6 heteroatoms. The highest BCUT2D eigenvalue weighted by Crippen LogP contribution is 2.23. The molecule has 0 saturated carbocycles. The van der Waals surface area contributed by atoms with Gasteiger partial charge in [-0.2, -0.15) is 0 Å². The Hall–Kier alpha value is -4.32. The Bertz CT molecular complexity index is 1160. The van der Waals surface area contributed by atoms with Gasteiger partial charge in [-0.3, -0.25) is 0 Å². The van der Waals surface area contributed by atoms with E-state index < -0.39 is 0 Å². The minimum atomic E-state index is 0.790. The standard InChI is InChI=1S/C22H24N4.C6H8.C3H7N.C2H5N/c1-16-24-21(15-22(25-16)26-12-2-3-13-26)14-17-4-6-18(7-5-17)19-8-10-20(23)11-9-19;1-2-4-6-5-3-1;1-3-4-2;1-2-3/h4-11,15H,2-3,12-14,23H2,1H3;1-4H,5-6H2;3-4H,1H2,2H3;2H,1,3H2. The van der Waals surface area contributed by atoms with E-state index in [0.717, 1.165) is 42.5 Å². The predicted octanol–water partition coefficient (Wildman–Crippen LogP) is 6.56. The second kappa shape index (κ2) is 18.0. The molecule has 0 radical (unpaired) electrons. The maximum absolute atomic E-state index is 5.77. The molecular formula is C33H44N6. The van der Waals surface area contributed by atoms with Crippen LogP contribution in [0.15, 0.2) is 104 Å². The summed E-state index contributed by atoms with van der Waals surface area (Å²) in [6.45, 7) is 10.7. The van der Waals surface area contributed by atoms with Gasteiger partial charge in [0.2, 0.25) is 0 Å². The molecule has 2 aliphatic rings. The Morgan fingerprint density at radius 3 is 1.87 bits per heavy atom. The normalized spacial score (nSPS) is 13.0. The Morgan fingerprint density at radius 1 is 0.897 bits per heavy atom. The summed E-state index contributed by atoms with van der Waals surface area (Å²) < 4.78 is 0. The fourth-order valence-electron chi connectivity index (χ4n) is 4.05. The van der Waals surface area contributed by atoms with E-state index in [4.69, 9.17) is 5.73 Å². The van der Waals surface area contributed by atoms with Gasteiger partial charge in [-0.25, -0.2) is 9.97 Å². The number of aromatic nitrogens is 2. The summed E-state index contributed by atoms with van der Waals surface area (Å²) in [4.78, 5) is 11.6. The molecule has 5 N–H and O–H groups in total. The number of aryl methyl sites for hydroxylation is 1. The van der Waals surface area contributed by atoms with Gasteiger partial charge in [0, 0.05) is 38.3 Å². The Kier molecular flexibility index (Phi) is 14.3. The molecule has 0 unspecified atom stereocenters. The zero-order chi connectivity index (χ0) is 28.3. The zero-order valence-electron chi connectivity index (χ0n) is 23.5. The van der Waals surface area contributed by atoms with Crippen LogP contribution < -0.4 is 21.7 Å². The maximum Gasteiger partial charge on any atom is 0.132 e. The topological polar surface area (TPSA) is 93.1 Å². The Morgan fingerprint density at radius 2 is 1.41 bits per heavy atom. The van der Waals surface area contributed by atoms with Gasteiger partial charge in [-0.1, -0.05) is 73.9 Å². The van der Waals surface area contributed by atoms with Crippen LogP contribution in [-0.2, 0) is 6.42 Å². The van der Waals surface area contributed by atoms with Gasteiger partial charge in [0.1, 0.15) is 11.6 Å². The van der Waals surface area contributed by atoms with E-state index in [2.05, 4.69) is 106 Å². The lowest BCUT2D eigenvalue weighted by atomic mass is 10.0. The van der Waals surface area contributed by atoms with Crippen LogP contribution in [0.3, 0.4) is 0 Å². The molecule has 0 spiro atoms. The lowest BCUT2D eigenvalue weighted by Crippen LogP contribution is -2.20. The fourth-order valence-corrected chi connectivity index (χ4v) is 4.05. The van der Waals surface area contributed by atoms with Crippen molar-refractivity contribution in [3.63, 3.8) is 0 Å². The molecule has 2 heterocycles. The first-order valence-corrected chi connectivity index (χ1v) is 13.5. The number of hydrogen-bond acceptors (Lipinski definition) is 6. The van der Waals surface area contributed by atoms with Crippen LogP contribution >= 0.6 is 0 Å². The summed E-state index contributed by atoms with van der Waals surface area (Å²) in [6.07, 6.45) is 17.2. The summed E-state index contributed by atoms with van der Waals surface area (Å²) in [5.74, 6) is 1.92. The van der Waals surface area contributed by atoms with Gasteiger partial charge in [-0.15, -0.1) is 0 Å². The third-order valence-corrected chi connectivity index (χ3v) is 5.98. The molecule has 6 nitrogen and oxygen atoms in total. The monoisotopic (exact) mass is 524 g/mol. The average Bonchev–Trinajstić information content (AvgIpc) is 3.51. The highest BCUT2D eigenvalue weighted by molar-refractivity contribution is 5.65. The number of nitrogen functional groups attached to an aromatic ring is 1. The highest BCUT2D eigenvalue weighted by Gasteiger charge is 2.15. The van der Waals surface area contributed by atoms with E-state index in [1.807, 2.05) is 26.1 Å². The molecule has 1 aromatic heterocycles. The van der Waals surface area contributed by atoms with Crippen molar-refractivity contribution >= 4 is 11.5 Å². The molecule has 2 aromatic carbocycles. The molecule has 39 heavy (non-hydrogen) atoms. The fraction of sp³-hybridized carbons (Fsp3) is 0.273. The molecule has 1 aliphatic carbocycles. The van der Waals surface area contributed by atoms with Crippen molar-refractivity contribution in [1.82, 2.24) is 15.3 Å². The molecule has 1 aliphatic heterocycles. The second-order valence-electron chi connectivity index (χ2n) is 9.12. The number of rotatable bonds is 5. The van der Waals surface area contributed by atoms with Crippen LogP contribution in [0.1, 0.15) is 42.8 Å². The van der Waals surface area contributed by atoms with Crippen molar-refractivity contribution in [2.75, 3.05) is 30.8 Å². The molecule has 1 saturated heterocycles. The highest BCUT2D eigenvalue weighted by atomic mass is 15.2. The first-order valence-electron chi connectivity index (χ1n) is 13.5. The van der Waals surface area contributed by atoms with Crippen molar-refractivity contribution in [3.05, 3.63) is 122 Å². The van der Waals surface area contributed by atoms with Gasteiger partial charge in [0.25, 0.3) is 0 Å². The Labute approximate surface area is 234 Å². The molecule has 0 atom stereocenters. The quantitative estimate of drug-likeness (QED) is 0.328. The lowest BCUT2D eigenvalue weighted by molar-refractivity contribution is 0.888. The lowest BCUT2D eigenvalue weighted by Gasteiger charge is -2.17. The smallest absolute Gasteiger partial charge is 0.132 e. The third-order valence-electron chi connectivity index (χ3n) is 5.98. The summed E-state index contributed by atoms with van der Waals surface area (Å²) in [7, 11) is 1.81. The van der Waals surface area contributed by atoms with E-state index in [-0.39, 0.29) is 0 Å². The molecule has 1 fully saturated rings. The minimum absolute atomic E-state index is 0.790. The first kappa shape index (κ1) is 30.9. The number of nitrogens with two attached hydrogens (primary N) is 2. The number of anilines is 2. The zero-order valence-corrected chi connectivity index (χ0v) is 23.5. The molecular weight excluding hydrogens is 480 g/mol. The number of allylic oxidation sites excluding steroid dienone is 4. The van der Waals surface area contributed by atoms with E-state index in [0.29, 0.717) is 0 Å². The summed E-state index contributed by atoms with van der Waals surface area (Å²) in [5.41, 5.74) is 15.9. The van der Waals surface area contributed by atoms with Crippen molar-refractivity contribution in [3.8, 4) is 11.1 Å². The summed E-state index contributed by atoms with van der Waals surface area (Å²) in [5, 5.41) is 2.69. The van der Waals surface area contributed by atoms with E-state index in [9.17, 15) is 0 Å². The van der Waals surface area contributed by atoms with Crippen LogP contribution in [-0.4, -0.2) is 30.1 Å². The third kappa shape index (κ3) is 11.7. The van der Waals surface area contributed by atoms with Gasteiger partial charge in [-0.05, 0) is 73.8 Å². The van der Waals surface area contributed by atoms with Crippen LogP contribution in [0, 0.1) is 6.92 Å². The number of benzene rings is 2. The number of hydrogen-bond donors (Lipinski definition) is 3. The Balaban J connectivity index is 0.000000341. The van der Waals surface area contributed by atoms with Crippen LogP contribution in [0.4, 0.5) is 11.5 Å². The minimum Gasteiger partial charge on any atom is -0.405 e. The van der Waals surface area contributed by atoms with Crippen molar-refractivity contribution in [2.24, 2.45) is 5.73 Å². The van der Waals surface area contributed by atoms with Gasteiger partial charge < -0.3 is 21.7 Å². The first-order chi connectivity index (χ1) is 19.0. The largest absolute Gasteiger partial charge is 0.405 e. The molecule has 3 aromatic rings.